The Bertz CT molecular complexity index is 1040. The highest BCUT2D eigenvalue weighted by molar-refractivity contribution is 8.00. The van der Waals surface area contributed by atoms with Gasteiger partial charge in [0.25, 0.3) is 0 Å². The third-order valence-electron chi connectivity index (χ3n) is 4.67. The molecule has 2 aromatic heterocycles. The van der Waals surface area contributed by atoms with Crippen molar-refractivity contribution in [2.24, 2.45) is 0 Å². The van der Waals surface area contributed by atoms with Crippen molar-refractivity contribution in [1.29, 1.82) is 0 Å². The van der Waals surface area contributed by atoms with Crippen LogP contribution in [0.1, 0.15) is 29.1 Å². The monoisotopic (exact) mass is 405 g/mol. The number of para-hydroxylation sites is 2. The van der Waals surface area contributed by atoms with Crippen LogP contribution in [0.5, 0.6) is 0 Å². The maximum absolute atomic E-state index is 12.2. The first-order valence-electron chi connectivity index (χ1n) is 9.55. The summed E-state index contributed by atoms with van der Waals surface area (Å²) in [5.74, 6) is 1.32. The van der Waals surface area contributed by atoms with Crippen molar-refractivity contribution >= 4 is 28.7 Å². The van der Waals surface area contributed by atoms with Gasteiger partial charge in [-0.15, -0.1) is 11.8 Å². The largest absolute Gasteiger partial charge is 0.351 e. The number of nitrogens with one attached hydrogen (secondary N) is 2. The number of nitrogens with zero attached hydrogens (tertiary/aromatic N) is 3. The van der Waals surface area contributed by atoms with Crippen molar-refractivity contribution < 1.29 is 4.79 Å². The number of hydrogen-bond acceptors (Lipinski definition) is 4. The fourth-order valence-corrected chi connectivity index (χ4v) is 3.81. The lowest BCUT2D eigenvalue weighted by atomic mass is 10.1. The van der Waals surface area contributed by atoms with Crippen LogP contribution in [0.15, 0.2) is 67.0 Å². The highest BCUT2D eigenvalue weighted by Crippen LogP contribution is 2.27. The molecular weight excluding hydrogens is 382 g/mol. The number of aromatic nitrogens is 4. The van der Waals surface area contributed by atoms with Crippen molar-refractivity contribution in [2.75, 3.05) is 5.75 Å². The van der Waals surface area contributed by atoms with Crippen molar-refractivity contribution in [3.63, 3.8) is 0 Å². The van der Waals surface area contributed by atoms with Crippen LogP contribution in [0.25, 0.3) is 11.0 Å². The Hall–Kier alpha value is -3.06. The van der Waals surface area contributed by atoms with Gasteiger partial charge in [-0.2, -0.15) is 5.10 Å². The SMILES string of the molecule is CC(SCC(=O)NCc1ccc(Cn2cccn2)cc1)c1nc2ccccc2[nH]1. The molecule has 1 unspecified atom stereocenters. The van der Waals surface area contributed by atoms with Crippen LogP contribution >= 0.6 is 11.8 Å². The van der Waals surface area contributed by atoms with Crippen LogP contribution in [0.2, 0.25) is 0 Å². The highest BCUT2D eigenvalue weighted by atomic mass is 32.2. The Labute approximate surface area is 173 Å². The van der Waals surface area contributed by atoms with Gasteiger partial charge in [-0.1, -0.05) is 36.4 Å². The number of hydrogen-bond donors (Lipinski definition) is 2. The molecule has 29 heavy (non-hydrogen) atoms. The van der Waals surface area contributed by atoms with Crippen molar-refractivity contribution in [3.05, 3.63) is 83.9 Å². The fraction of sp³-hybridized carbons (Fsp3) is 0.227. The summed E-state index contributed by atoms with van der Waals surface area (Å²) < 4.78 is 1.89. The molecule has 0 aliphatic carbocycles. The number of carbonyl (C=O) groups is 1. The zero-order chi connectivity index (χ0) is 20.1. The van der Waals surface area contributed by atoms with E-state index in [-0.39, 0.29) is 11.2 Å². The summed E-state index contributed by atoms with van der Waals surface area (Å²) in [5, 5.41) is 7.32. The summed E-state index contributed by atoms with van der Waals surface area (Å²) in [4.78, 5) is 20.2. The van der Waals surface area contributed by atoms with Crippen LogP contribution < -0.4 is 5.32 Å². The van der Waals surface area contributed by atoms with Crippen molar-refractivity contribution in [3.8, 4) is 0 Å². The average molecular weight is 406 g/mol. The molecule has 0 fully saturated rings. The van der Waals surface area contributed by atoms with Gasteiger partial charge in [0.1, 0.15) is 5.82 Å². The quantitative estimate of drug-likeness (QED) is 0.466. The molecule has 0 radical (unpaired) electrons. The average Bonchev–Trinajstić information content (AvgIpc) is 3.41. The maximum atomic E-state index is 12.2. The second kappa shape index (κ2) is 8.96. The van der Waals surface area contributed by atoms with Gasteiger partial charge in [-0.25, -0.2) is 4.98 Å². The molecule has 0 saturated heterocycles. The zero-order valence-electron chi connectivity index (χ0n) is 16.2. The van der Waals surface area contributed by atoms with E-state index in [9.17, 15) is 4.79 Å². The summed E-state index contributed by atoms with van der Waals surface area (Å²) in [6.07, 6.45) is 3.72. The van der Waals surface area contributed by atoms with Gasteiger partial charge in [-0.05, 0) is 36.2 Å². The molecule has 2 heterocycles. The first-order chi connectivity index (χ1) is 14.2. The number of imidazole rings is 1. The Morgan fingerprint density at radius 2 is 1.93 bits per heavy atom. The molecule has 0 aliphatic rings. The summed E-state index contributed by atoms with van der Waals surface area (Å²) in [7, 11) is 0. The number of fused-ring (bicyclic) bond motifs is 1. The normalized spacial score (nSPS) is 12.2. The topological polar surface area (TPSA) is 75.6 Å². The Balaban J connectivity index is 1.23. The van der Waals surface area contributed by atoms with Gasteiger partial charge in [0, 0.05) is 18.9 Å². The predicted octanol–water partition coefficient (Wildman–Crippen LogP) is 3.92. The smallest absolute Gasteiger partial charge is 0.230 e. The van der Waals surface area contributed by atoms with Gasteiger partial charge in [0.2, 0.25) is 5.91 Å². The lowest BCUT2D eigenvalue weighted by Crippen LogP contribution is -2.24. The summed E-state index contributed by atoms with van der Waals surface area (Å²) >= 11 is 1.58. The van der Waals surface area contributed by atoms with Crippen LogP contribution in [-0.2, 0) is 17.9 Å². The molecule has 0 aliphatic heterocycles. The molecule has 0 saturated carbocycles. The van der Waals surface area contributed by atoms with E-state index in [2.05, 4.69) is 39.4 Å². The standard InChI is InChI=1S/C22H23N5OS/c1-16(22-25-19-5-2-3-6-20(19)26-22)29-15-21(28)23-13-17-7-9-18(10-8-17)14-27-12-4-11-24-27/h2-12,16H,13-15H2,1H3,(H,23,28)(H,25,26). The molecular formula is C22H23N5OS. The summed E-state index contributed by atoms with van der Waals surface area (Å²) in [6, 6.07) is 18.1. The molecule has 7 heteroatoms. The lowest BCUT2D eigenvalue weighted by molar-refractivity contribution is -0.118. The van der Waals surface area contributed by atoms with Crippen LogP contribution in [0.4, 0.5) is 0 Å². The molecule has 1 atom stereocenters. The first-order valence-corrected chi connectivity index (χ1v) is 10.6. The predicted molar refractivity (Wildman–Crippen MR) is 117 cm³/mol. The molecule has 0 bridgehead atoms. The molecule has 6 nitrogen and oxygen atoms in total. The molecule has 4 rings (SSSR count). The third-order valence-corrected chi connectivity index (χ3v) is 5.83. The van der Waals surface area contributed by atoms with E-state index in [0.29, 0.717) is 12.3 Å². The fourth-order valence-electron chi connectivity index (χ4n) is 3.04. The number of amides is 1. The number of thioether (sulfide) groups is 1. The Morgan fingerprint density at radius 3 is 2.69 bits per heavy atom. The number of aromatic amines is 1. The molecule has 2 aromatic carbocycles. The number of rotatable bonds is 8. The number of benzene rings is 2. The number of H-pyrrole nitrogens is 1. The zero-order valence-corrected chi connectivity index (χ0v) is 17.0. The molecule has 0 spiro atoms. The third kappa shape index (κ3) is 5.06. The van der Waals surface area contributed by atoms with E-state index in [1.807, 2.05) is 53.3 Å². The first kappa shape index (κ1) is 19.3. The van der Waals surface area contributed by atoms with Gasteiger partial charge in [0.15, 0.2) is 0 Å². The van der Waals surface area contributed by atoms with Gasteiger partial charge < -0.3 is 10.3 Å². The van der Waals surface area contributed by atoms with E-state index in [0.717, 1.165) is 29.0 Å². The van der Waals surface area contributed by atoms with E-state index < -0.39 is 0 Å². The molecule has 2 N–H and O–H groups in total. The highest BCUT2D eigenvalue weighted by Gasteiger charge is 2.13. The Kier molecular flexibility index (Phi) is 5.95. The van der Waals surface area contributed by atoms with Crippen LogP contribution in [0, 0.1) is 0 Å². The number of carbonyl (C=O) groups excluding carboxylic acids is 1. The Morgan fingerprint density at radius 1 is 1.14 bits per heavy atom. The minimum absolute atomic E-state index is 0.0265. The van der Waals surface area contributed by atoms with Crippen LogP contribution in [0.3, 0.4) is 0 Å². The van der Waals surface area contributed by atoms with Gasteiger partial charge in [0.05, 0.1) is 28.6 Å². The van der Waals surface area contributed by atoms with Crippen LogP contribution in [-0.4, -0.2) is 31.4 Å². The summed E-state index contributed by atoms with van der Waals surface area (Å²) in [6.45, 7) is 3.34. The maximum Gasteiger partial charge on any atom is 0.230 e. The molecule has 4 aromatic rings. The van der Waals surface area contributed by atoms with Gasteiger partial charge in [-0.3, -0.25) is 9.48 Å². The van der Waals surface area contributed by atoms with E-state index >= 15 is 0 Å². The van der Waals surface area contributed by atoms with Crippen molar-refractivity contribution in [2.45, 2.75) is 25.3 Å². The van der Waals surface area contributed by atoms with Crippen molar-refractivity contribution in [1.82, 2.24) is 25.1 Å². The minimum atomic E-state index is 0.0265. The molecule has 148 valence electrons. The van der Waals surface area contributed by atoms with E-state index in [4.69, 9.17) is 0 Å². The van der Waals surface area contributed by atoms with Gasteiger partial charge >= 0.3 is 0 Å². The molecule has 1 amide bonds. The van der Waals surface area contributed by atoms with E-state index in [1.165, 1.54) is 5.56 Å². The minimum Gasteiger partial charge on any atom is -0.351 e. The lowest BCUT2D eigenvalue weighted by Gasteiger charge is -2.09. The van der Waals surface area contributed by atoms with E-state index in [1.54, 1.807) is 18.0 Å². The summed E-state index contributed by atoms with van der Waals surface area (Å²) in [5.41, 5.74) is 4.24. The second-order valence-electron chi connectivity index (χ2n) is 6.89. The second-order valence-corrected chi connectivity index (χ2v) is 8.22.